The van der Waals surface area contributed by atoms with Crippen LogP contribution in [0.4, 0.5) is 13.2 Å². The van der Waals surface area contributed by atoms with Gasteiger partial charge in [-0.15, -0.1) is 0 Å². The lowest BCUT2D eigenvalue weighted by atomic mass is 10.1. The Morgan fingerprint density at radius 1 is 1.00 bits per heavy atom. The first-order valence-corrected chi connectivity index (χ1v) is 6.68. The quantitative estimate of drug-likeness (QED) is 0.625. The van der Waals surface area contributed by atoms with Crippen LogP contribution in [0.2, 0.25) is 0 Å². The Bertz CT molecular complexity index is 484. The van der Waals surface area contributed by atoms with Crippen LogP contribution < -0.4 is 0 Å². The highest BCUT2D eigenvalue weighted by Gasteiger charge is 2.30. The van der Waals surface area contributed by atoms with Crippen molar-refractivity contribution in [2.24, 2.45) is 0 Å². The summed E-state index contributed by atoms with van der Waals surface area (Å²) in [6.45, 7) is 10.7. The maximum absolute atomic E-state index is 12.4. The van der Waals surface area contributed by atoms with E-state index in [1.54, 1.807) is 12.3 Å². The number of nitrogens with zero attached hydrogens (tertiary/aromatic N) is 1. The van der Waals surface area contributed by atoms with E-state index in [1.165, 1.54) is 12.1 Å². The topological polar surface area (TPSA) is 4.93 Å². The molecule has 0 saturated heterocycles. The van der Waals surface area contributed by atoms with Crippen molar-refractivity contribution in [2.75, 3.05) is 0 Å². The molecule has 19 heavy (non-hydrogen) atoms. The van der Waals surface area contributed by atoms with Gasteiger partial charge in [0.2, 0.25) is 0 Å². The number of hydrogen-bond donors (Lipinski definition) is 0. The average molecular weight is 273 g/mol. The summed E-state index contributed by atoms with van der Waals surface area (Å²) in [7, 11) is 0. The Morgan fingerprint density at radius 3 is 2.05 bits per heavy atom. The minimum absolute atomic E-state index is 0.594. The third-order valence-corrected chi connectivity index (χ3v) is 2.44. The Morgan fingerprint density at radius 2 is 1.58 bits per heavy atom. The van der Waals surface area contributed by atoms with Gasteiger partial charge in [-0.05, 0) is 31.2 Å². The first-order chi connectivity index (χ1) is 9.02. The number of rotatable bonds is 1. The third-order valence-electron chi connectivity index (χ3n) is 2.44. The van der Waals surface area contributed by atoms with Gasteiger partial charge in [0.05, 0.1) is 5.56 Å². The van der Waals surface area contributed by atoms with Crippen LogP contribution in [-0.2, 0) is 12.7 Å². The number of benzene rings is 1. The predicted molar refractivity (Wildman–Crippen MR) is 75.3 cm³/mol. The van der Waals surface area contributed by atoms with E-state index in [9.17, 15) is 13.2 Å². The molecule has 0 atom stereocenters. The second-order valence-electron chi connectivity index (χ2n) is 3.37. The monoisotopic (exact) mass is 273 g/mol. The molecule has 2 aromatic rings. The molecule has 0 radical (unpaired) electrons. The van der Waals surface area contributed by atoms with Gasteiger partial charge in [0.25, 0.3) is 0 Å². The summed E-state index contributed by atoms with van der Waals surface area (Å²) in [5.74, 6) is 0. The van der Waals surface area contributed by atoms with Crippen LogP contribution in [0, 0.1) is 0 Å². The Labute approximate surface area is 113 Å². The van der Waals surface area contributed by atoms with E-state index in [1.807, 2.05) is 39.2 Å². The van der Waals surface area contributed by atoms with E-state index in [-0.39, 0.29) is 0 Å². The van der Waals surface area contributed by atoms with Crippen molar-refractivity contribution in [1.82, 2.24) is 4.57 Å². The van der Waals surface area contributed by atoms with E-state index in [4.69, 9.17) is 0 Å². The molecule has 0 unspecified atom stereocenters. The first-order valence-electron chi connectivity index (χ1n) is 6.68. The molecule has 1 nitrogen and oxygen atoms in total. The number of aromatic nitrogens is 1. The molecule has 0 aliphatic heterocycles. The number of fused-ring (bicyclic) bond motifs is 1. The molecule has 1 heterocycles. The lowest BCUT2D eigenvalue weighted by molar-refractivity contribution is -0.137. The maximum atomic E-state index is 12.4. The summed E-state index contributed by atoms with van der Waals surface area (Å²) < 4.78 is 39.1. The predicted octanol–water partition coefficient (Wildman–Crippen LogP) is 5.73. The van der Waals surface area contributed by atoms with Crippen molar-refractivity contribution < 1.29 is 13.2 Å². The lowest BCUT2D eigenvalue weighted by Crippen LogP contribution is -2.04. The van der Waals surface area contributed by atoms with Crippen LogP contribution in [0.3, 0.4) is 0 Å². The zero-order valence-electron chi connectivity index (χ0n) is 12.2. The van der Waals surface area contributed by atoms with Crippen molar-refractivity contribution in [2.45, 2.75) is 47.3 Å². The zero-order chi connectivity index (χ0) is 15.1. The molecule has 0 bridgehead atoms. The van der Waals surface area contributed by atoms with Gasteiger partial charge in [-0.1, -0.05) is 27.7 Å². The van der Waals surface area contributed by atoms with Crippen LogP contribution >= 0.6 is 0 Å². The molecular weight excluding hydrogens is 251 g/mol. The van der Waals surface area contributed by atoms with E-state index in [0.717, 1.165) is 18.1 Å². The van der Waals surface area contributed by atoms with Crippen LogP contribution in [0.15, 0.2) is 30.5 Å². The molecule has 0 fully saturated rings. The largest absolute Gasteiger partial charge is 0.416 e. The minimum Gasteiger partial charge on any atom is -0.348 e. The molecular formula is C15H22F3N. The highest BCUT2D eigenvalue weighted by Crippen LogP contribution is 2.31. The van der Waals surface area contributed by atoms with Crippen LogP contribution in [0.1, 0.15) is 40.2 Å². The van der Waals surface area contributed by atoms with Crippen molar-refractivity contribution in [3.05, 3.63) is 36.0 Å². The fourth-order valence-electron chi connectivity index (χ4n) is 1.65. The van der Waals surface area contributed by atoms with Gasteiger partial charge >= 0.3 is 6.18 Å². The number of alkyl halides is 3. The van der Waals surface area contributed by atoms with Gasteiger partial charge in [-0.3, -0.25) is 0 Å². The summed E-state index contributed by atoms with van der Waals surface area (Å²) >= 11 is 0. The van der Waals surface area contributed by atoms with Crippen molar-refractivity contribution >= 4 is 10.9 Å². The molecule has 0 spiro atoms. The Balaban J connectivity index is 0.000000741. The molecule has 1 aromatic carbocycles. The second-order valence-corrected chi connectivity index (χ2v) is 3.37. The van der Waals surface area contributed by atoms with Gasteiger partial charge in [-0.25, -0.2) is 0 Å². The van der Waals surface area contributed by atoms with Crippen LogP contribution in [-0.4, -0.2) is 4.57 Å². The molecule has 0 aliphatic carbocycles. The Hall–Kier alpha value is -1.45. The summed E-state index contributed by atoms with van der Waals surface area (Å²) in [4.78, 5) is 0. The summed E-state index contributed by atoms with van der Waals surface area (Å²) in [5, 5.41) is 0.631. The molecule has 4 heteroatoms. The van der Waals surface area contributed by atoms with Crippen LogP contribution in [0.5, 0.6) is 0 Å². The maximum Gasteiger partial charge on any atom is 0.416 e. The third kappa shape index (κ3) is 4.30. The number of halogens is 3. The van der Waals surface area contributed by atoms with Crippen molar-refractivity contribution in [3.63, 3.8) is 0 Å². The van der Waals surface area contributed by atoms with Gasteiger partial charge in [0.15, 0.2) is 0 Å². The highest BCUT2D eigenvalue weighted by atomic mass is 19.4. The molecule has 0 saturated carbocycles. The standard InChI is InChI=1S/C11H10F3N.2C2H6/c1-2-15-6-5-8-7-9(11(12,13)14)3-4-10(8)15;2*1-2/h3-7H,2H2,1H3;2*1-2H3. The van der Waals surface area contributed by atoms with E-state index >= 15 is 0 Å². The van der Waals surface area contributed by atoms with E-state index in [0.29, 0.717) is 5.39 Å². The highest BCUT2D eigenvalue weighted by molar-refractivity contribution is 5.81. The molecule has 1 aromatic heterocycles. The molecule has 0 amide bonds. The zero-order valence-corrected chi connectivity index (χ0v) is 12.2. The summed E-state index contributed by atoms with van der Waals surface area (Å²) in [5.41, 5.74) is 0.245. The normalized spacial score (nSPS) is 10.3. The minimum atomic E-state index is -4.26. The molecule has 0 N–H and O–H groups in total. The van der Waals surface area contributed by atoms with Crippen LogP contribution in [0.25, 0.3) is 10.9 Å². The van der Waals surface area contributed by atoms with Gasteiger partial charge in [0, 0.05) is 23.6 Å². The molecule has 2 rings (SSSR count). The molecule has 108 valence electrons. The fraction of sp³-hybridized carbons (Fsp3) is 0.467. The van der Waals surface area contributed by atoms with E-state index < -0.39 is 11.7 Å². The average Bonchev–Trinajstić information content (AvgIpc) is 2.84. The first kappa shape index (κ1) is 17.6. The number of aryl methyl sites for hydroxylation is 1. The van der Waals surface area contributed by atoms with Crippen molar-refractivity contribution in [1.29, 1.82) is 0 Å². The van der Waals surface area contributed by atoms with Gasteiger partial charge in [-0.2, -0.15) is 13.2 Å². The van der Waals surface area contributed by atoms with Crippen molar-refractivity contribution in [3.8, 4) is 0 Å². The molecule has 0 aliphatic rings. The van der Waals surface area contributed by atoms with Gasteiger partial charge < -0.3 is 4.57 Å². The van der Waals surface area contributed by atoms with Gasteiger partial charge in [0.1, 0.15) is 0 Å². The summed E-state index contributed by atoms with van der Waals surface area (Å²) in [6.07, 6.45) is -2.46. The number of hydrogen-bond acceptors (Lipinski definition) is 0. The SMILES string of the molecule is CC.CC.CCn1ccc2cc(C(F)(F)F)ccc21. The fourth-order valence-corrected chi connectivity index (χ4v) is 1.65. The Kier molecular flexibility index (Phi) is 7.27. The lowest BCUT2D eigenvalue weighted by Gasteiger charge is -2.07. The second kappa shape index (κ2) is 7.87. The smallest absolute Gasteiger partial charge is 0.348 e. The van der Waals surface area contributed by atoms with E-state index in [2.05, 4.69) is 0 Å². The summed E-state index contributed by atoms with van der Waals surface area (Å²) in [6, 6.07) is 5.52.